The predicted octanol–water partition coefficient (Wildman–Crippen LogP) is 0.350. The van der Waals surface area contributed by atoms with Gasteiger partial charge in [0.2, 0.25) is 0 Å². The summed E-state index contributed by atoms with van der Waals surface area (Å²) in [5, 5.41) is 15.3. The molecule has 3 fully saturated rings. The fourth-order valence-electron chi connectivity index (χ4n) is 3.41. The van der Waals surface area contributed by atoms with Crippen molar-refractivity contribution in [1.82, 2.24) is 20.7 Å². The van der Waals surface area contributed by atoms with E-state index in [1.54, 1.807) is 0 Å². The average Bonchev–Trinajstić information content (AvgIpc) is 2.76. The number of fused-ring (bicyclic) bond motifs is 5. The third-order valence-corrected chi connectivity index (χ3v) is 4.30. The highest BCUT2D eigenvalue weighted by Gasteiger charge is 2.62. The number of ether oxygens (including phenoxy) is 1. The van der Waals surface area contributed by atoms with E-state index in [4.69, 9.17) is 4.74 Å². The van der Waals surface area contributed by atoms with Crippen molar-refractivity contribution in [2.75, 3.05) is 11.9 Å². The Morgan fingerprint density at radius 2 is 2.44 bits per heavy atom. The fraction of sp³-hybridized carbons (Fsp3) is 0.727. The second kappa shape index (κ2) is 3.68. The van der Waals surface area contributed by atoms with Gasteiger partial charge in [-0.05, 0) is 24.7 Å². The van der Waals surface area contributed by atoms with Crippen molar-refractivity contribution >= 4 is 11.8 Å². The molecular weight excluding hydrogens is 234 g/mol. The van der Waals surface area contributed by atoms with Crippen LogP contribution in [-0.2, 0) is 4.74 Å². The molecule has 3 N–H and O–H groups in total. The Morgan fingerprint density at radius 3 is 3.17 bits per heavy atom. The maximum Gasteiger partial charge on any atom is 0.320 e. The van der Waals surface area contributed by atoms with Crippen LogP contribution in [0.4, 0.5) is 10.6 Å². The van der Waals surface area contributed by atoms with E-state index in [2.05, 4.69) is 26.0 Å². The smallest absolute Gasteiger partial charge is 0.320 e. The van der Waals surface area contributed by atoms with Crippen LogP contribution in [0.3, 0.4) is 0 Å². The molecule has 2 bridgehead atoms. The number of carbonyl (C=O) groups is 1. The van der Waals surface area contributed by atoms with Gasteiger partial charge in [-0.15, -0.1) is 5.10 Å². The van der Waals surface area contributed by atoms with Gasteiger partial charge in [-0.2, -0.15) is 10.3 Å². The minimum absolute atomic E-state index is 0.237. The predicted molar refractivity (Wildman–Crippen MR) is 61.8 cm³/mol. The first kappa shape index (κ1) is 10.3. The molecule has 0 unspecified atom stereocenters. The molecule has 0 aromatic carbocycles. The fourth-order valence-corrected chi connectivity index (χ4v) is 3.41. The topological polar surface area (TPSA) is 91.9 Å². The molecule has 18 heavy (non-hydrogen) atoms. The summed E-state index contributed by atoms with van der Waals surface area (Å²) < 4.78 is 5.89. The lowest BCUT2D eigenvalue weighted by molar-refractivity contribution is 0.0614. The van der Waals surface area contributed by atoms with E-state index in [9.17, 15) is 4.79 Å². The molecule has 5 atom stereocenters. The Hall–Kier alpha value is -1.63. The molecule has 7 heteroatoms. The first-order chi connectivity index (χ1) is 8.81. The van der Waals surface area contributed by atoms with Gasteiger partial charge >= 0.3 is 6.03 Å². The van der Waals surface area contributed by atoms with E-state index in [1.807, 2.05) is 0 Å². The summed E-state index contributed by atoms with van der Waals surface area (Å²) in [6, 6.07) is -0.237. The lowest BCUT2D eigenvalue weighted by Crippen LogP contribution is -2.36. The van der Waals surface area contributed by atoms with Crippen molar-refractivity contribution < 1.29 is 9.53 Å². The Kier molecular flexibility index (Phi) is 2.11. The third kappa shape index (κ3) is 1.58. The quantitative estimate of drug-likeness (QED) is 0.720. The van der Waals surface area contributed by atoms with Crippen molar-refractivity contribution in [2.45, 2.75) is 25.0 Å². The summed E-state index contributed by atoms with van der Waals surface area (Å²) in [6.45, 7) is 0.675. The maximum absolute atomic E-state index is 11.6. The zero-order valence-corrected chi connectivity index (χ0v) is 9.80. The zero-order valence-electron chi connectivity index (χ0n) is 9.80. The Balaban J connectivity index is 1.28. The molecule has 4 rings (SSSR count). The highest BCUT2D eigenvalue weighted by Crippen LogP contribution is 2.60. The molecule has 0 spiro atoms. The van der Waals surface area contributed by atoms with E-state index in [0.29, 0.717) is 30.5 Å². The maximum atomic E-state index is 11.6. The second-order valence-corrected chi connectivity index (χ2v) is 5.39. The number of amides is 2. The van der Waals surface area contributed by atoms with Crippen LogP contribution in [0.1, 0.15) is 12.8 Å². The molecule has 7 nitrogen and oxygen atoms in total. The van der Waals surface area contributed by atoms with Crippen LogP contribution >= 0.6 is 0 Å². The molecular formula is C11H15N5O2. The molecule has 1 aliphatic carbocycles. The van der Waals surface area contributed by atoms with E-state index in [-0.39, 0.29) is 6.03 Å². The molecule has 2 aliphatic heterocycles. The van der Waals surface area contributed by atoms with Crippen LogP contribution in [-0.4, -0.2) is 40.2 Å². The largest absolute Gasteiger partial charge is 0.374 e. The van der Waals surface area contributed by atoms with Crippen molar-refractivity contribution in [1.29, 1.82) is 0 Å². The van der Waals surface area contributed by atoms with Gasteiger partial charge < -0.3 is 10.1 Å². The molecule has 2 saturated heterocycles. The van der Waals surface area contributed by atoms with E-state index >= 15 is 0 Å². The van der Waals surface area contributed by atoms with Crippen molar-refractivity contribution in [2.24, 2.45) is 17.8 Å². The number of nitrogens with one attached hydrogen (secondary N) is 3. The number of anilines is 1. The SMILES string of the molecule is O=C(NC[C@@H]1C[C@@H]2O[C@H]1[C@H]1C[C@H]12)Nc1cn[nH]n1. The summed E-state index contributed by atoms with van der Waals surface area (Å²) in [5.74, 6) is 2.50. The monoisotopic (exact) mass is 249 g/mol. The van der Waals surface area contributed by atoms with E-state index in [0.717, 1.165) is 18.3 Å². The number of hydrogen-bond donors (Lipinski definition) is 3. The summed E-state index contributed by atoms with van der Waals surface area (Å²) in [5.41, 5.74) is 0. The average molecular weight is 249 g/mol. The van der Waals surface area contributed by atoms with Crippen LogP contribution < -0.4 is 10.6 Å². The summed E-state index contributed by atoms with van der Waals surface area (Å²) >= 11 is 0. The van der Waals surface area contributed by atoms with Gasteiger partial charge in [-0.3, -0.25) is 5.32 Å². The van der Waals surface area contributed by atoms with Crippen LogP contribution in [0, 0.1) is 17.8 Å². The number of nitrogens with zero attached hydrogens (tertiary/aromatic N) is 2. The highest BCUT2D eigenvalue weighted by atomic mass is 16.5. The summed E-state index contributed by atoms with van der Waals surface area (Å²) in [7, 11) is 0. The number of carbonyl (C=O) groups excluding carboxylic acids is 1. The highest BCUT2D eigenvalue weighted by molar-refractivity contribution is 5.87. The van der Waals surface area contributed by atoms with Crippen LogP contribution in [0.25, 0.3) is 0 Å². The van der Waals surface area contributed by atoms with Crippen LogP contribution in [0.15, 0.2) is 6.20 Å². The van der Waals surface area contributed by atoms with Crippen molar-refractivity contribution in [3.63, 3.8) is 0 Å². The molecule has 1 aromatic rings. The Morgan fingerprint density at radius 1 is 1.50 bits per heavy atom. The molecule has 3 heterocycles. The number of urea groups is 1. The summed E-state index contributed by atoms with van der Waals surface area (Å²) in [4.78, 5) is 11.6. The first-order valence-corrected chi connectivity index (χ1v) is 6.37. The van der Waals surface area contributed by atoms with Gasteiger partial charge in [0.15, 0.2) is 5.82 Å². The third-order valence-electron chi connectivity index (χ3n) is 4.30. The standard InChI is InChI=1S/C11H15N5O2/c17-11(14-9-4-13-16-15-9)12-3-5-1-8-6-2-7(6)10(5)18-8/h4-8,10H,1-3H2,(H3,12,13,14,15,16,17)/t5-,6+,7-,8-,10+/m0/s1. The zero-order chi connectivity index (χ0) is 12.1. The lowest BCUT2D eigenvalue weighted by atomic mass is 9.89. The molecule has 0 radical (unpaired) electrons. The molecule has 3 aliphatic rings. The molecule has 96 valence electrons. The normalized spacial score (nSPS) is 39.4. The van der Waals surface area contributed by atoms with E-state index in [1.165, 1.54) is 12.6 Å². The van der Waals surface area contributed by atoms with Gasteiger partial charge in [0, 0.05) is 12.5 Å². The number of hydrogen-bond acceptors (Lipinski definition) is 4. The van der Waals surface area contributed by atoms with Gasteiger partial charge in [0.05, 0.1) is 18.4 Å². The van der Waals surface area contributed by atoms with Crippen molar-refractivity contribution in [3.8, 4) is 0 Å². The lowest BCUT2D eigenvalue weighted by Gasteiger charge is -2.18. The summed E-state index contributed by atoms with van der Waals surface area (Å²) in [6.07, 6.45) is 4.74. The molecule has 1 aromatic heterocycles. The van der Waals surface area contributed by atoms with Crippen LogP contribution in [0.2, 0.25) is 0 Å². The number of rotatable bonds is 3. The van der Waals surface area contributed by atoms with Crippen molar-refractivity contribution in [3.05, 3.63) is 6.20 Å². The molecule has 2 amide bonds. The minimum Gasteiger partial charge on any atom is -0.374 e. The first-order valence-electron chi connectivity index (χ1n) is 6.37. The number of H-pyrrole nitrogens is 1. The van der Waals surface area contributed by atoms with Gasteiger partial charge in [0.1, 0.15) is 0 Å². The van der Waals surface area contributed by atoms with Crippen LogP contribution in [0.5, 0.6) is 0 Å². The minimum atomic E-state index is -0.237. The van der Waals surface area contributed by atoms with E-state index < -0.39 is 0 Å². The number of aromatic nitrogens is 3. The molecule has 1 saturated carbocycles. The second-order valence-electron chi connectivity index (χ2n) is 5.39. The number of aromatic amines is 1. The van der Waals surface area contributed by atoms with Gasteiger partial charge in [-0.1, -0.05) is 0 Å². The Bertz CT molecular complexity index is 462. The van der Waals surface area contributed by atoms with Gasteiger partial charge in [-0.25, -0.2) is 4.79 Å². The van der Waals surface area contributed by atoms with Gasteiger partial charge in [0.25, 0.3) is 0 Å². The Labute approximate surface area is 104 Å².